The van der Waals surface area contributed by atoms with Crippen molar-refractivity contribution in [1.29, 1.82) is 5.26 Å². The molecule has 2 aliphatic rings. The van der Waals surface area contributed by atoms with Gasteiger partial charge in [-0.3, -0.25) is 4.90 Å². The Morgan fingerprint density at radius 2 is 1.61 bits per heavy atom. The molecule has 3 heterocycles. The van der Waals surface area contributed by atoms with Gasteiger partial charge < -0.3 is 14.5 Å². The van der Waals surface area contributed by atoms with E-state index in [0.717, 1.165) is 42.0 Å². The number of rotatable bonds is 5. The van der Waals surface area contributed by atoms with Gasteiger partial charge >= 0.3 is 6.09 Å². The van der Waals surface area contributed by atoms with Crippen LogP contribution in [0.1, 0.15) is 27.8 Å². The van der Waals surface area contributed by atoms with Gasteiger partial charge in [0.15, 0.2) is 0 Å². The molecule has 7 nitrogen and oxygen atoms in total. The number of carbonyl (C=O) groups is 1. The van der Waals surface area contributed by atoms with E-state index >= 15 is 0 Å². The van der Waals surface area contributed by atoms with Gasteiger partial charge in [-0.1, -0.05) is 72.3 Å². The van der Waals surface area contributed by atoms with Crippen molar-refractivity contribution in [3.63, 3.8) is 0 Å². The fraction of sp³-hybridized carbons (Fsp3) is 0.321. The van der Waals surface area contributed by atoms with E-state index in [1.807, 2.05) is 48.5 Å². The highest BCUT2D eigenvalue weighted by Crippen LogP contribution is 2.34. The average molecular weight is 502 g/mol. The zero-order valence-corrected chi connectivity index (χ0v) is 20.8. The van der Waals surface area contributed by atoms with Crippen LogP contribution in [-0.2, 0) is 30.9 Å². The molecule has 1 saturated heterocycles. The third-order valence-electron chi connectivity index (χ3n) is 6.81. The number of amides is 1. The molecule has 0 spiro atoms. The van der Waals surface area contributed by atoms with Gasteiger partial charge in [-0.25, -0.2) is 9.78 Å². The van der Waals surface area contributed by atoms with E-state index in [2.05, 4.69) is 33.0 Å². The predicted octanol–water partition coefficient (Wildman–Crippen LogP) is 4.62. The molecule has 0 N–H and O–H groups in total. The summed E-state index contributed by atoms with van der Waals surface area (Å²) in [6.45, 7) is 4.99. The number of anilines is 1. The third-order valence-corrected chi connectivity index (χ3v) is 7.08. The SMILES string of the molecule is N#Cc1c(Cl)nc(N2CCN(C(=O)OCc3ccccc3)CC2)c2c1CN(Cc1ccccc1)CC2. The van der Waals surface area contributed by atoms with Crippen molar-refractivity contribution >= 4 is 23.5 Å². The predicted molar refractivity (Wildman–Crippen MR) is 139 cm³/mol. The molecule has 0 atom stereocenters. The van der Waals surface area contributed by atoms with E-state index in [-0.39, 0.29) is 17.9 Å². The molecule has 8 heteroatoms. The number of ether oxygens (including phenoxy) is 1. The Morgan fingerprint density at radius 3 is 2.28 bits per heavy atom. The van der Waals surface area contributed by atoms with Crippen molar-refractivity contribution in [2.45, 2.75) is 26.1 Å². The molecule has 2 aliphatic heterocycles. The average Bonchev–Trinajstić information content (AvgIpc) is 2.92. The van der Waals surface area contributed by atoms with Gasteiger partial charge in [-0.15, -0.1) is 0 Å². The van der Waals surface area contributed by atoms with Crippen LogP contribution in [-0.4, -0.2) is 53.6 Å². The second-order valence-electron chi connectivity index (χ2n) is 9.13. The molecule has 0 aliphatic carbocycles. The fourth-order valence-electron chi connectivity index (χ4n) is 4.90. The van der Waals surface area contributed by atoms with Gasteiger partial charge in [-0.05, 0) is 23.1 Å². The van der Waals surface area contributed by atoms with Crippen LogP contribution >= 0.6 is 11.6 Å². The topological polar surface area (TPSA) is 72.7 Å². The van der Waals surface area contributed by atoms with Crippen molar-refractivity contribution in [3.8, 4) is 6.07 Å². The molecular formula is C28H28ClN5O2. The van der Waals surface area contributed by atoms with Crippen LogP contribution < -0.4 is 4.90 Å². The Kier molecular flexibility index (Phi) is 7.36. The first-order valence-electron chi connectivity index (χ1n) is 12.2. The quantitative estimate of drug-likeness (QED) is 0.475. The summed E-state index contributed by atoms with van der Waals surface area (Å²) in [4.78, 5) is 23.5. The zero-order chi connectivity index (χ0) is 24.9. The van der Waals surface area contributed by atoms with E-state index in [1.54, 1.807) is 4.90 Å². The van der Waals surface area contributed by atoms with Crippen LogP contribution in [0.25, 0.3) is 0 Å². The number of aromatic nitrogens is 1. The summed E-state index contributed by atoms with van der Waals surface area (Å²) in [6, 6.07) is 22.3. The number of halogens is 1. The second-order valence-corrected chi connectivity index (χ2v) is 9.49. The van der Waals surface area contributed by atoms with Crippen molar-refractivity contribution in [2.24, 2.45) is 0 Å². The Balaban J connectivity index is 1.27. The maximum Gasteiger partial charge on any atom is 0.410 e. The molecule has 3 aromatic rings. The van der Waals surface area contributed by atoms with Gasteiger partial charge in [0.1, 0.15) is 23.6 Å². The van der Waals surface area contributed by atoms with E-state index in [4.69, 9.17) is 16.3 Å². The third kappa shape index (κ3) is 5.30. The lowest BCUT2D eigenvalue weighted by molar-refractivity contribution is 0.0941. The minimum absolute atomic E-state index is 0.248. The minimum atomic E-state index is -0.303. The summed E-state index contributed by atoms with van der Waals surface area (Å²) in [6.07, 6.45) is 0.498. The van der Waals surface area contributed by atoms with E-state index in [0.29, 0.717) is 38.3 Å². The lowest BCUT2D eigenvalue weighted by atomic mass is 9.95. The molecule has 0 unspecified atom stereocenters. The summed E-state index contributed by atoms with van der Waals surface area (Å²) >= 11 is 6.51. The molecule has 5 rings (SSSR count). The van der Waals surface area contributed by atoms with Crippen molar-refractivity contribution < 1.29 is 9.53 Å². The number of carbonyl (C=O) groups excluding carboxylic acids is 1. The van der Waals surface area contributed by atoms with Crippen LogP contribution in [0.15, 0.2) is 60.7 Å². The van der Waals surface area contributed by atoms with Crippen LogP contribution in [0.3, 0.4) is 0 Å². The van der Waals surface area contributed by atoms with Crippen LogP contribution in [0.2, 0.25) is 5.15 Å². The standard InChI is InChI=1S/C28H28ClN5O2/c29-26-24(17-30)25-19-32(18-21-7-3-1-4-8-21)12-11-23(25)27(31-26)33-13-15-34(16-14-33)28(35)36-20-22-9-5-2-6-10-22/h1-10H,11-16,18-20H2. The summed E-state index contributed by atoms with van der Waals surface area (Å²) in [5, 5.41) is 10.1. The van der Waals surface area contributed by atoms with E-state index < -0.39 is 0 Å². The Bertz CT molecular complexity index is 1250. The maximum absolute atomic E-state index is 12.6. The highest BCUT2D eigenvalue weighted by Gasteiger charge is 2.30. The molecule has 1 amide bonds. The summed E-state index contributed by atoms with van der Waals surface area (Å²) in [5.41, 5.74) is 4.75. The first kappa shape index (κ1) is 24.1. The molecular weight excluding hydrogens is 474 g/mol. The Labute approximate surface area is 216 Å². The number of hydrogen-bond acceptors (Lipinski definition) is 6. The lowest BCUT2D eigenvalue weighted by Crippen LogP contribution is -2.49. The maximum atomic E-state index is 12.6. The lowest BCUT2D eigenvalue weighted by Gasteiger charge is -2.38. The van der Waals surface area contributed by atoms with Crippen LogP contribution in [0, 0.1) is 11.3 Å². The number of benzene rings is 2. The summed E-state index contributed by atoms with van der Waals surface area (Å²) in [5.74, 6) is 0.839. The van der Waals surface area contributed by atoms with Crippen LogP contribution in [0.4, 0.5) is 10.6 Å². The first-order chi connectivity index (χ1) is 17.6. The number of hydrogen-bond donors (Lipinski definition) is 0. The van der Waals surface area contributed by atoms with Gasteiger partial charge in [0, 0.05) is 51.4 Å². The molecule has 1 aromatic heterocycles. The zero-order valence-electron chi connectivity index (χ0n) is 20.1. The molecule has 36 heavy (non-hydrogen) atoms. The fourth-order valence-corrected chi connectivity index (χ4v) is 5.14. The van der Waals surface area contributed by atoms with Gasteiger partial charge in [-0.2, -0.15) is 5.26 Å². The minimum Gasteiger partial charge on any atom is -0.445 e. The van der Waals surface area contributed by atoms with Crippen LogP contribution in [0.5, 0.6) is 0 Å². The van der Waals surface area contributed by atoms with Gasteiger partial charge in [0.25, 0.3) is 0 Å². The number of nitrogens with zero attached hydrogens (tertiary/aromatic N) is 5. The van der Waals surface area contributed by atoms with E-state index in [1.165, 1.54) is 5.56 Å². The number of piperazine rings is 1. The molecule has 0 saturated carbocycles. The molecule has 0 bridgehead atoms. The number of fused-ring (bicyclic) bond motifs is 1. The van der Waals surface area contributed by atoms with Crippen molar-refractivity contribution in [2.75, 3.05) is 37.6 Å². The summed E-state index contributed by atoms with van der Waals surface area (Å²) < 4.78 is 5.50. The Morgan fingerprint density at radius 1 is 0.944 bits per heavy atom. The second kappa shape index (κ2) is 11.0. The van der Waals surface area contributed by atoms with Gasteiger partial charge in [0.05, 0.1) is 5.56 Å². The smallest absolute Gasteiger partial charge is 0.410 e. The molecule has 184 valence electrons. The number of pyridine rings is 1. The van der Waals surface area contributed by atoms with E-state index in [9.17, 15) is 10.1 Å². The highest BCUT2D eigenvalue weighted by molar-refractivity contribution is 6.30. The molecule has 1 fully saturated rings. The first-order valence-corrected chi connectivity index (χ1v) is 12.6. The Hall–Kier alpha value is -3.60. The largest absolute Gasteiger partial charge is 0.445 e. The number of nitriles is 1. The van der Waals surface area contributed by atoms with Crippen molar-refractivity contribution in [3.05, 3.63) is 93.6 Å². The van der Waals surface area contributed by atoms with Gasteiger partial charge in [0.2, 0.25) is 0 Å². The van der Waals surface area contributed by atoms with Crippen molar-refractivity contribution in [1.82, 2.24) is 14.8 Å². The molecule has 2 aromatic carbocycles. The monoisotopic (exact) mass is 501 g/mol. The normalized spacial score (nSPS) is 15.8. The molecule has 0 radical (unpaired) electrons. The summed E-state index contributed by atoms with van der Waals surface area (Å²) in [7, 11) is 0. The highest BCUT2D eigenvalue weighted by atomic mass is 35.5.